The fraction of sp³-hybridized carbons (Fsp3) is 0.312. The van der Waals surface area contributed by atoms with E-state index in [2.05, 4.69) is 19.9 Å². The minimum absolute atomic E-state index is 0.0938. The Balaban J connectivity index is 0.000000300. The largest absolute Gasteiger partial charge is 0.348 e. The second-order valence-corrected chi connectivity index (χ2v) is 17.9. The van der Waals surface area contributed by atoms with E-state index < -0.39 is 89.2 Å². The standard InChI is InChI=1S/2C16H17F6N3O2S/c2*1-9(6-14(26)13-8-15(27)24-16(23-13)25(2)3)11-5-4-10(7-12(11)17)28(18,19,20,21)22/h2*4-5,7-9H,6H2,1-3H3,(H,23,24,27)/t2*9-/m10/s1. The molecule has 0 unspecified atom stereocenters. The maximum atomic E-state index is 14.1. The zero-order valence-corrected chi connectivity index (χ0v) is 31.6. The number of rotatable bonds is 12. The molecule has 4 aromatic rings. The molecule has 0 saturated carbocycles. The van der Waals surface area contributed by atoms with Crippen molar-refractivity contribution in [1.29, 1.82) is 0 Å². The van der Waals surface area contributed by atoms with Crippen LogP contribution in [0.1, 0.15) is 70.6 Å². The Morgan fingerprint density at radius 1 is 0.589 bits per heavy atom. The van der Waals surface area contributed by atoms with Crippen LogP contribution in [0.25, 0.3) is 0 Å². The molecule has 0 spiro atoms. The summed E-state index contributed by atoms with van der Waals surface area (Å²) in [5, 5.41) is 0. The highest BCUT2D eigenvalue weighted by atomic mass is 32.5. The molecule has 24 heteroatoms. The zero-order valence-electron chi connectivity index (χ0n) is 30.0. The van der Waals surface area contributed by atoms with Crippen molar-refractivity contribution in [1.82, 2.24) is 19.9 Å². The minimum atomic E-state index is -10.0. The Labute approximate surface area is 310 Å². The van der Waals surface area contributed by atoms with Crippen LogP contribution in [0.5, 0.6) is 0 Å². The van der Waals surface area contributed by atoms with Gasteiger partial charge in [0.05, 0.1) is 0 Å². The Hall–Kier alpha value is -5.00. The molecule has 56 heavy (non-hydrogen) atoms. The number of nitrogens with zero attached hydrogens (tertiary/aromatic N) is 4. The van der Waals surface area contributed by atoms with E-state index in [0.29, 0.717) is 12.1 Å². The van der Waals surface area contributed by atoms with Crippen LogP contribution in [0.3, 0.4) is 0 Å². The number of benzene rings is 2. The van der Waals surface area contributed by atoms with E-state index in [1.807, 2.05) is 0 Å². The fourth-order valence-electron chi connectivity index (χ4n) is 4.88. The van der Waals surface area contributed by atoms with Gasteiger partial charge in [0, 0.05) is 53.2 Å². The number of H-pyrrole nitrogens is 2. The van der Waals surface area contributed by atoms with Crippen LogP contribution in [-0.2, 0) is 0 Å². The van der Waals surface area contributed by atoms with Crippen LogP contribution in [0, 0.1) is 11.6 Å². The number of ketones is 2. The third-order valence-corrected chi connectivity index (χ3v) is 10.0. The quantitative estimate of drug-likeness (QED) is 0.106. The number of carbonyl (C=O) groups excluding carboxylic acids is 2. The van der Waals surface area contributed by atoms with Crippen molar-refractivity contribution in [3.05, 3.63) is 103 Å². The van der Waals surface area contributed by atoms with Crippen molar-refractivity contribution in [2.24, 2.45) is 0 Å². The van der Waals surface area contributed by atoms with Gasteiger partial charge in [0.25, 0.3) is 11.1 Å². The van der Waals surface area contributed by atoms with Crippen molar-refractivity contribution in [2.45, 2.75) is 48.3 Å². The van der Waals surface area contributed by atoms with Crippen LogP contribution in [0.2, 0.25) is 0 Å². The third kappa shape index (κ3) is 12.0. The van der Waals surface area contributed by atoms with E-state index in [4.69, 9.17) is 0 Å². The summed E-state index contributed by atoms with van der Waals surface area (Å²) >= 11 is 0. The highest BCUT2D eigenvalue weighted by molar-refractivity contribution is 8.46. The molecule has 0 fully saturated rings. The second-order valence-electron chi connectivity index (χ2n) is 13.1. The lowest BCUT2D eigenvalue weighted by molar-refractivity contribution is 0.0962. The van der Waals surface area contributed by atoms with Gasteiger partial charge in [0.2, 0.25) is 11.9 Å². The number of nitrogens with one attached hydrogen (secondary N) is 2. The van der Waals surface area contributed by atoms with Crippen LogP contribution < -0.4 is 20.9 Å². The molecule has 2 N–H and O–H groups in total. The first kappa shape index (κ1) is 45.4. The predicted octanol–water partition coefficient (Wildman–Crippen LogP) is 10.0. The van der Waals surface area contributed by atoms with Crippen molar-refractivity contribution in [2.75, 3.05) is 38.0 Å². The number of halogens is 12. The molecule has 10 nitrogen and oxygen atoms in total. The number of anilines is 2. The van der Waals surface area contributed by atoms with Gasteiger partial charge >= 0.3 is 20.4 Å². The number of carbonyl (C=O) groups is 2. The van der Waals surface area contributed by atoms with Gasteiger partial charge in [-0.1, -0.05) is 64.8 Å². The summed E-state index contributed by atoms with van der Waals surface area (Å²) in [5.74, 6) is -5.98. The molecule has 0 radical (unpaired) electrons. The van der Waals surface area contributed by atoms with Gasteiger partial charge in [-0.25, -0.2) is 18.7 Å². The molecule has 0 saturated heterocycles. The maximum Gasteiger partial charge on any atom is 0.310 e. The van der Waals surface area contributed by atoms with E-state index >= 15 is 0 Å². The first-order chi connectivity index (χ1) is 24.9. The van der Waals surface area contributed by atoms with Gasteiger partial charge in [-0.2, -0.15) is 0 Å². The fourth-order valence-corrected chi connectivity index (χ4v) is 6.18. The lowest BCUT2D eigenvalue weighted by Crippen LogP contribution is -2.21. The minimum Gasteiger partial charge on any atom is -0.348 e. The van der Waals surface area contributed by atoms with Gasteiger partial charge < -0.3 is 9.80 Å². The summed E-state index contributed by atoms with van der Waals surface area (Å²) < 4.78 is 156. The molecule has 0 aliphatic carbocycles. The van der Waals surface area contributed by atoms with Crippen LogP contribution >= 0.6 is 20.4 Å². The summed E-state index contributed by atoms with van der Waals surface area (Å²) in [6.07, 6.45) is -0.786. The Morgan fingerprint density at radius 2 is 0.893 bits per heavy atom. The van der Waals surface area contributed by atoms with E-state index in [-0.39, 0.29) is 58.7 Å². The molecular formula is C32H34F12N6O4S2. The molecule has 0 bridgehead atoms. The predicted molar refractivity (Wildman–Crippen MR) is 189 cm³/mol. The monoisotopic (exact) mass is 858 g/mol. The lowest BCUT2D eigenvalue weighted by Gasteiger charge is -2.40. The molecule has 2 aromatic carbocycles. The number of hydrogen-bond acceptors (Lipinski definition) is 8. The molecule has 2 heterocycles. The highest BCUT2D eigenvalue weighted by Crippen LogP contribution is 3.02. The normalized spacial score (nSPS) is 15.5. The molecular weight excluding hydrogens is 824 g/mol. The Morgan fingerprint density at radius 3 is 1.14 bits per heavy atom. The van der Waals surface area contributed by atoms with Crippen molar-refractivity contribution >= 4 is 43.9 Å². The number of hydrogen-bond donors (Lipinski definition) is 2. The number of aromatic nitrogens is 4. The molecule has 312 valence electrons. The van der Waals surface area contributed by atoms with Gasteiger partial charge in [-0.3, -0.25) is 29.1 Å². The van der Waals surface area contributed by atoms with E-state index in [0.717, 1.165) is 12.1 Å². The summed E-state index contributed by atoms with van der Waals surface area (Å²) in [7, 11) is -13.7. The first-order valence-electron chi connectivity index (χ1n) is 15.7. The summed E-state index contributed by atoms with van der Waals surface area (Å²) in [5.41, 5.74) is -2.28. The Kier molecular flexibility index (Phi) is 11.3. The molecule has 0 aliphatic rings. The SMILES string of the molecule is C[C@@H](CC(=O)c1cc(=O)[nH]c(N(C)C)n1)c1ccc(S(F)(F)(F)(F)F)cc1F.C[C@H](CC(=O)c1cc(=O)[nH]c(N(C)C)n1)c1ccc(S(F)(F)(F)(F)F)cc1F. The molecule has 0 amide bonds. The van der Waals surface area contributed by atoms with Gasteiger partial charge in [0.15, 0.2) is 11.6 Å². The number of aromatic amines is 2. The Bertz CT molecular complexity index is 2140. The first-order valence-corrected chi connectivity index (χ1v) is 19.6. The lowest BCUT2D eigenvalue weighted by atomic mass is 9.94. The molecule has 4 rings (SSSR count). The topological polar surface area (TPSA) is 132 Å². The van der Waals surface area contributed by atoms with Crippen LogP contribution in [0.4, 0.5) is 59.5 Å². The summed E-state index contributed by atoms with van der Waals surface area (Å²) in [6, 6.07) is 2.69. The molecule has 2 aromatic heterocycles. The van der Waals surface area contributed by atoms with Crippen molar-refractivity contribution in [3.63, 3.8) is 0 Å². The van der Waals surface area contributed by atoms with E-state index in [1.54, 1.807) is 28.2 Å². The average Bonchev–Trinajstić information content (AvgIpc) is 3.02. The van der Waals surface area contributed by atoms with Gasteiger partial charge in [0.1, 0.15) is 32.8 Å². The zero-order chi connectivity index (χ0) is 43.1. The molecule has 0 aliphatic heterocycles. The number of Topliss-reactive ketones (excluding diaryl/α,β-unsaturated/α-hetero) is 2. The highest BCUT2D eigenvalue weighted by Gasteiger charge is 2.66. The van der Waals surface area contributed by atoms with Crippen LogP contribution in [-0.4, -0.2) is 59.7 Å². The summed E-state index contributed by atoms with van der Waals surface area (Å²) in [4.78, 5) is 58.8. The van der Waals surface area contributed by atoms with Gasteiger partial charge in [-0.15, -0.1) is 0 Å². The third-order valence-electron chi connectivity index (χ3n) is 7.76. The van der Waals surface area contributed by atoms with Crippen molar-refractivity contribution < 1.29 is 57.2 Å². The second kappa shape index (κ2) is 13.9. The van der Waals surface area contributed by atoms with Gasteiger partial charge in [-0.05, 0) is 47.2 Å². The van der Waals surface area contributed by atoms with E-state index in [9.17, 15) is 66.8 Å². The maximum absolute atomic E-state index is 14.1. The average molecular weight is 859 g/mol. The van der Waals surface area contributed by atoms with Crippen LogP contribution in [0.15, 0.2) is 67.9 Å². The smallest absolute Gasteiger partial charge is 0.310 e. The summed E-state index contributed by atoms with van der Waals surface area (Å²) in [6.45, 7) is 2.69. The van der Waals surface area contributed by atoms with Crippen molar-refractivity contribution in [3.8, 4) is 0 Å². The molecule has 2 atom stereocenters. The van der Waals surface area contributed by atoms with E-state index in [1.165, 1.54) is 23.6 Å².